The fraction of sp³-hybridized carbons (Fsp3) is 0.0500. The molecular weight excluding hydrogens is 365 g/mol. The Bertz CT molecular complexity index is 1190. The molecule has 0 unspecified atom stereocenters. The van der Waals surface area contributed by atoms with Gasteiger partial charge in [-0.25, -0.2) is 9.37 Å². The first kappa shape index (κ1) is 17.1. The van der Waals surface area contributed by atoms with E-state index in [0.29, 0.717) is 23.0 Å². The molecule has 0 aliphatic rings. The summed E-state index contributed by atoms with van der Waals surface area (Å²) in [5, 5.41) is 5.10. The molecule has 1 amide bonds. The van der Waals surface area contributed by atoms with Gasteiger partial charge in [0.2, 0.25) is 0 Å². The number of rotatable bonds is 4. The van der Waals surface area contributed by atoms with Crippen LogP contribution in [-0.4, -0.2) is 15.5 Å². The van der Waals surface area contributed by atoms with Crippen molar-refractivity contribution in [3.63, 3.8) is 0 Å². The zero-order valence-corrected chi connectivity index (χ0v) is 14.9. The van der Waals surface area contributed by atoms with Gasteiger partial charge < -0.3 is 5.32 Å². The summed E-state index contributed by atoms with van der Waals surface area (Å²) in [4.78, 5) is 30.3. The second kappa shape index (κ2) is 7.13. The molecule has 0 bridgehead atoms. The number of aromatic nitrogens is 2. The van der Waals surface area contributed by atoms with Gasteiger partial charge in [0.05, 0.1) is 23.1 Å². The van der Waals surface area contributed by atoms with Gasteiger partial charge in [0.1, 0.15) is 12.1 Å². The molecule has 27 heavy (non-hydrogen) atoms. The zero-order valence-electron chi connectivity index (χ0n) is 14.1. The Balaban J connectivity index is 1.66. The number of benzene rings is 2. The van der Waals surface area contributed by atoms with E-state index in [1.807, 2.05) is 17.5 Å². The van der Waals surface area contributed by atoms with Gasteiger partial charge in [-0.1, -0.05) is 18.2 Å². The second-order valence-corrected chi connectivity index (χ2v) is 6.90. The molecular formula is C20H14FN3O2S. The predicted molar refractivity (Wildman–Crippen MR) is 103 cm³/mol. The third-order valence-corrected chi connectivity index (χ3v) is 5.01. The Labute approximate surface area is 157 Å². The Kier molecular flexibility index (Phi) is 4.52. The van der Waals surface area contributed by atoms with Gasteiger partial charge in [0.15, 0.2) is 0 Å². The smallest absolute Gasteiger partial charge is 0.265 e. The minimum atomic E-state index is -0.509. The summed E-state index contributed by atoms with van der Waals surface area (Å²) >= 11 is 1.56. The lowest BCUT2D eigenvalue weighted by Gasteiger charge is -2.09. The van der Waals surface area contributed by atoms with Gasteiger partial charge >= 0.3 is 0 Å². The first-order valence-corrected chi connectivity index (χ1v) is 9.08. The molecule has 1 N–H and O–H groups in total. The van der Waals surface area contributed by atoms with Crippen molar-refractivity contribution in [3.05, 3.63) is 92.9 Å². The number of hydrogen-bond donors (Lipinski definition) is 1. The number of thiophene rings is 1. The van der Waals surface area contributed by atoms with Crippen LogP contribution in [0.4, 0.5) is 4.39 Å². The van der Waals surface area contributed by atoms with Crippen LogP contribution in [0, 0.1) is 5.82 Å². The Morgan fingerprint density at radius 3 is 2.78 bits per heavy atom. The van der Waals surface area contributed by atoms with Crippen molar-refractivity contribution in [1.82, 2.24) is 14.9 Å². The van der Waals surface area contributed by atoms with E-state index in [9.17, 15) is 14.0 Å². The number of carbonyl (C=O) groups is 1. The molecule has 0 saturated carbocycles. The third kappa shape index (κ3) is 3.37. The van der Waals surface area contributed by atoms with E-state index < -0.39 is 11.4 Å². The normalized spacial score (nSPS) is 10.9. The predicted octanol–water partition coefficient (Wildman–Crippen LogP) is 3.52. The van der Waals surface area contributed by atoms with Crippen molar-refractivity contribution in [2.45, 2.75) is 6.54 Å². The highest BCUT2D eigenvalue weighted by molar-refractivity contribution is 7.09. The number of para-hydroxylation sites is 1. The fourth-order valence-corrected chi connectivity index (χ4v) is 3.41. The molecule has 2 heterocycles. The molecule has 0 aliphatic heterocycles. The van der Waals surface area contributed by atoms with Crippen LogP contribution in [0.1, 0.15) is 15.2 Å². The molecule has 4 aromatic rings. The van der Waals surface area contributed by atoms with Crippen LogP contribution in [0.3, 0.4) is 0 Å². The molecule has 2 aromatic heterocycles. The fourth-order valence-electron chi connectivity index (χ4n) is 2.76. The van der Waals surface area contributed by atoms with Gasteiger partial charge in [0, 0.05) is 10.4 Å². The largest absolute Gasteiger partial charge is 0.347 e. The lowest BCUT2D eigenvalue weighted by Crippen LogP contribution is -2.23. The highest BCUT2D eigenvalue weighted by atomic mass is 32.1. The van der Waals surface area contributed by atoms with Crippen molar-refractivity contribution < 1.29 is 9.18 Å². The van der Waals surface area contributed by atoms with Crippen LogP contribution in [0.25, 0.3) is 16.6 Å². The average Bonchev–Trinajstić information content (AvgIpc) is 3.20. The van der Waals surface area contributed by atoms with Crippen molar-refractivity contribution in [1.29, 1.82) is 0 Å². The zero-order chi connectivity index (χ0) is 18.8. The van der Waals surface area contributed by atoms with E-state index >= 15 is 0 Å². The lowest BCUT2D eigenvalue weighted by atomic mass is 10.1. The van der Waals surface area contributed by atoms with Crippen LogP contribution in [0.15, 0.2) is 71.1 Å². The number of nitrogens with zero attached hydrogens (tertiary/aromatic N) is 2. The third-order valence-electron chi connectivity index (χ3n) is 4.14. The van der Waals surface area contributed by atoms with Crippen molar-refractivity contribution in [2.24, 2.45) is 0 Å². The van der Waals surface area contributed by atoms with E-state index in [1.165, 1.54) is 18.5 Å². The maximum atomic E-state index is 14.0. The van der Waals surface area contributed by atoms with Gasteiger partial charge in [-0.05, 0) is 41.8 Å². The summed E-state index contributed by atoms with van der Waals surface area (Å²) in [6.07, 6.45) is 1.27. The average molecular weight is 379 g/mol. The minimum Gasteiger partial charge on any atom is -0.347 e. The van der Waals surface area contributed by atoms with Gasteiger partial charge in [-0.3, -0.25) is 14.2 Å². The maximum absolute atomic E-state index is 14.0. The maximum Gasteiger partial charge on any atom is 0.265 e. The summed E-state index contributed by atoms with van der Waals surface area (Å²) in [6, 6.07) is 14.5. The molecule has 134 valence electrons. The quantitative estimate of drug-likeness (QED) is 0.590. The van der Waals surface area contributed by atoms with Crippen molar-refractivity contribution in [2.75, 3.05) is 0 Å². The van der Waals surface area contributed by atoms with Crippen LogP contribution in [0.2, 0.25) is 0 Å². The van der Waals surface area contributed by atoms with Crippen LogP contribution >= 0.6 is 11.3 Å². The summed E-state index contributed by atoms with van der Waals surface area (Å²) in [5.74, 6) is -0.754. The Morgan fingerprint density at radius 1 is 1.15 bits per heavy atom. The van der Waals surface area contributed by atoms with Crippen molar-refractivity contribution in [3.8, 4) is 5.69 Å². The molecule has 0 radical (unpaired) electrons. The van der Waals surface area contributed by atoms with Crippen LogP contribution in [0.5, 0.6) is 0 Å². The van der Waals surface area contributed by atoms with E-state index in [2.05, 4.69) is 10.3 Å². The SMILES string of the molecule is O=C(NCc1cccs1)c1ccc2c(=O)n(-c3ccccc3F)cnc2c1. The van der Waals surface area contributed by atoms with E-state index in [-0.39, 0.29) is 11.6 Å². The van der Waals surface area contributed by atoms with Crippen LogP contribution < -0.4 is 10.9 Å². The van der Waals surface area contributed by atoms with Gasteiger partial charge in [-0.15, -0.1) is 11.3 Å². The van der Waals surface area contributed by atoms with Crippen LogP contribution in [-0.2, 0) is 6.54 Å². The first-order valence-electron chi connectivity index (χ1n) is 8.20. The lowest BCUT2D eigenvalue weighted by molar-refractivity contribution is 0.0951. The standard InChI is InChI=1S/C20H14FN3O2S/c21-16-5-1-2-6-18(16)24-12-23-17-10-13(7-8-15(17)20(24)26)19(25)22-11-14-4-3-9-27-14/h1-10,12H,11H2,(H,22,25). The van der Waals surface area contributed by atoms with E-state index in [1.54, 1.807) is 41.7 Å². The first-order chi connectivity index (χ1) is 13.1. The molecule has 7 heteroatoms. The Morgan fingerprint density at radius 2 is 2.00 bits per heavy atom. The van der Waals surface area contributed by atoms with Gasteiger partial charge in [-0.2, -0.15) is 0 Å². The minimum absolute atomic E-state index is 0.134. The van der Waals surface area contributed by atoms with E-state index in [4.69, 9.17) is 0 Å². The van der Waals surface area contributed by atoms with Gasteiger partial charge in [0.25, 0.3) is 11.5 Å². The molecule has 5 nitrogen and oxygen atoms in total. The Hall–Kier alpha value is -3.32. The summed E-state index contributed by atoms with van der Waals surface area (Å²) in [5.41, 5.74) is 0.538. The second-order valence-electron chi connectivity index (χ2n) is 5.87. The summed E-state index contributed by atoms with van der Waals surface area (Å²) < 4.78 is 15.1. The molecule has 4 rings (SSSR count). The number of halogens is 1. The molecule has 0 saturated heterocycles. The van der Waals surface area contributed by atoms with E-state index in [0.717, 1.165) is 9.44 Å². The number of hydrogen-bond acceptors (Lipinski definition) is 4. The summed E-state index contributed by atoms with van der Waals surface area (Å²) in [7, 11) is 0. The number of fused-ring (bicyclic) bond motifs is 1. The monoisotopic (exact) mass is 379 g/mol. The number of amides is 1. The number of nitrogens with one attached hydrogen (secondary N) is 1. The number of carbonyl (C=O) groups excluding carboxylic acids is 1. The highest BCUT2D eigenvalue weighted by Crippen LogP contribution is 2.15. The highest BCUT2D eigenvalue weighted by Gasteiger charge is 2.12. The molecule has 0 aliphatic carbocycles. The molecule has 0 spiro atoms. The molecule has 0 atom stereocenters. The topological polar surface area (TPSA) is 64.0 Å². The van der Waals surface area contributed by atoms with Crippen molar-refractivity contribution >= 4 is 28.1 Å². The molecule has 2 aromatic carbocycles. The molecule has 0 fully saturated rings. The summed E-state index contributed by atoms with van der Waals surface area (Å²) in [6.45, 7) is 0.441.